The minimum atomic E-state index is -0.949. The van der Waals surface area contributed by atoms with Crippen molar-refractivity contribution in [3.05, 3.63) is 27.7 Å². The minimum absolute atomic E-state index is 0.00127. The van der Waals surface area contributed by atoms with Gasteiger partial charge in [0.05, 0.1) is 22.2 Å². The van der Waals surface area contributed by atoms with Crippen molar-refractivity contribution >= 4 is 46.7 Å². The maximum Gasteiger partial charge on any atom is 0.379 e. The quantitative estimate of drug-likeness (QED) is 0.369. The molecule has 0 saturated heterocycles. The van der Waals surface area contributed by atoms with E-state index < -0.39 is 11.8 Å². The maximum absolute atomic E-state index is 11.8. The van der Waals surface area contributed by atoms with E-state index in [4.69, 9.17) is 23.2 Å². The summed E-state index contributed by atoms with van der Waals surface area (Å²) in [5.74, 6) is -1.77. The maximum atomic E-state index is 11.8. The fourth-order valence-corrected chi connectivity index (χ4v) is 2.46. The second-order valence-corrected chi connectivity index (χ2v) is 4.62. The van der Waals surface area contributed by atoms with Crippen LogP contribution in [0.1, 0.15) is 17.3 Å². The third kappa shape index (κ3) is 3.15. The van der Waals surface area contributed by atoms with E-state index in [-0.39, 0.29) is 22.2 Å². The van der Waals surface area contributed by atoms with E-state index >= 15 is 0 Å². The number of carbonyl (C=O) groups is 2. The zero-order valence-electron chi connectivity index (χ0n) is 9.25. The number of hydrogen-bond donors (Lipinski definition) is 0. The molecular weight excluding hydrogens is 283 g/mol. The largest absolute Gasteiger partial charge is 0.460 e. The van der Waals surface area contributed by atoms with Crippen LogP contribution in [0.3, 0.4) is 0 Å². The van der Waals surface area contributed by atoms with Gasteiger partial charge in [0, 0.05) is 4.90 Å². The molecule has 0 amide bonds. The summed E-state index contributed by atoms with van der Waals surface area (Å²) in [5.41, 5.74) is -0.00127. The highest BCUT2D eigenvalue weighted by Crippen LogP contribution is 2.33. The first-order chi connectivity index (χ1) is 8.02. The summed E-state index contributed by atoms with van der Waals surface area (Å²) in [4.78, 5) is 23.8. The molecule has 6 heteroatoms. The van der Waals surface area contributed by atoms with Crippen LogP contribution in [0.25, 0.3) is 0 Å². The van der Waals surface area contributed by atoms with E-state index in [0.717, 1.165) is 0 Å². The topological polar surface area (TPSA) is 43.4 Å². The SMILES string of the molecule is CCOC(=O)C(=O)c1c(Cl)ccc(SC)c1Cl. The Morgan fingerprint density at radius 2 is 2.00 bits per heavy atom. The highest BCUT2D eigenvalue weighted by molar-refractivity contribution is 7.98. The number of halogens is 2. The van der Waals surface area contributed by atoms with Gasteiger partial charge >= 0.3 is 5.97 Å². The average molecular weight is 293 g/mol. The van der Waals surface area contributed by atoms with Crippen molar-refractivity contribution in [1.29, 1.82) is 0 Å². The van der Waals surface area contributed by atoms with Crippen molar-refractivity contribution in [1.82, 2.24) is 0 Å². The second kappa shape index (κ2) is 6.28. The highest BCUT2D eigenvalue weighted by Gasteiger charge is 2.24. The Bertz CT molecular complexity index is 460. The summed E-state index contributed by atoms with van der Waals surface area (Å²) >= 11 is 13.3. The molecule has 0 aliphatic heterocycles. The molecule has 0 bridgehead atoms. The van der Waals surface area contributed by atoms with Gasteiger partial charge in [-0.15, -0.1) is 11.8 Å². The molecule has 1 aromatic carbocycles. The molecule has 3 nitrogen and oxygen atoms in total. The number of carbonyl (C=O) groups excluding carboxylic acids is 2. The third-order valence-corrected chi connectivity index (χ3v) is 3.56. The van der Waals surface area contributed by atoms with Crippen molar-refractivity contribution in [3.63, 3.8) is 0 Å². The summed E-state index contributed by atoms with van der Waals surface area (Å²) in [7, 11) is 0. The lowest BCUT2D eigenvalue weighted by Crippen LogP contribution is -2.18. The van der Waals surface area contributed by atoms with Gasteiger partial charge in [-0.25, -0.2) is 4.79 Å². The molecule has 0 saturated carbocycles. The Morgan fingerprint density at radius 3 is 2.53 bits per heavy atom. The van der Waals surface area contributed by atoms with Gasteiger partial charge in [-0.1, -0.05) is 23.2 Å². The summed E-state index contributed by atoms with van der Waals surface area (Å²) in [5, 5.41) is 0.328. The van der Waals surface area contributed by atoms with Crippen LogP contribution in [0.5, 0.6) is 0 Å². The number of Topliss-reactive ketones (excluding diaryl/α,β-unsaturated/α-hetero) is 1. The Hall–Kier alpha value is -0.710. The normalized spacial score (nSPS) is 10.1. The van der Waals surface area contributed by atoms with Crippen LogP contribution in [-0.4, -0.2) is 24.6 Å². The zero-order chi connectivity index (χ0) is 13.0. The first kappa shape index (κ1) is 14.4. The number of rotatable bonds is 4. The van der Waals surface area contributed by atoms with Crippen molar-refractivity contribution in [2.75, 3.05) is 12.9 Å². The van der Waals surface area contributed by atoms with Gasteiger partial charge in [0.15, 0.2) is 0 Å². The van der Waals surface area contributed by atoms with Crippen molar-refractivity contribution in [2.45, 2.75) is 11.8 Å². The Balaban J connectivity index is 3.21. The molecule has 92 valence electrons. The van der Waals surface area contributed by atoms with E-state index in [1.807, 2.05) is 6.26 Å². The van der Waals surface area contributed by atoms with E-state index in [1.165, 1.54) is 17.8 Å². The fraction of sp³-hybridized carbons (Fsp3) is 0.273. The summed E-state index contributed by atoms with van der Waals surface area (Å²) in [6.45, 7) is 1.74. The number of thioether (sulfide) groups is 1. The van der Waals surface area contributed by atoms with Gasteiger partial charge in [0.2, 0.25) is 0 Å². The molecule has 1 rings (SSSR count). The molecule has 0 N–H and O–H groups in total. The number of benzene rings is 1. The summed E-state index contributed by atoms with van der Waals surface area (Å²) < 4.78 is 4.63. The van der Waals surface area contributed by atoms with E-state index in [1.54, 1.807) is 13.0 Å². The summed E-state index contributed by atoms with van der Waals surface area (Å²) in [6.07, 6.45) is 1.81. The molecule has 0 aliphatic rings. The first-order valence-corrected chi connectivity index (χ1v) is 6.74. The molecule has 0 unspecified atom stereocenters. The lowest BCUT2D eigenvalue weighted by atomic mass is 10.1. The second-order valence-electron chi connectivity index (χ2n) is 2.99. The Kier molecular flexibility index (Phi) is 5.31. The molecule has 0 spiro atoms. The van der Waals surface area contributed by atoms with Crippen LogP contribution < -0.4 is 0 Å². The Morgan fingerprint density at radius 1 is 1.35 bits per heavy atom. The molecule has 17 heavy (non-hydrogen) atoms. The predicted octanol–water partition coefficient (Wildman–Crippen LogP) is 3.46. The number of ether oxygens (including phenoxy) is 1. The van der Waals surface area contributed by atoms with Crippen LogP contribution >= 0.6 is 35.0 Å². The van der Waals surface area contributed by atoms with Crippen molar-refractivity contribution in [2.24, 2.45) is 0 Å². The van der Waals surface area contributed by atoms with Crippen LogP contribution in [-0.2, 0) is 9.53 Å². The van der Waals surface area contributed by atoms with Crippen LogP contribution in [0, 0.1) is 0 Å². The third-order valence-electron chi connectivity index (χ3n) is 1.96. The molecule has 0 radical (unpaired) electrons. The van der Waals surface area contributed by atoms with Crippen molar-refractivity contribution < 1.29 is 14.3 Å². The van der Waals surface area contributed by atoms with Crippen molar-refractivity contribution in [3.8, 4) is 0 Å². The van der Waals surface area contributed by atoms with Crippen LogP contribution in [0.15, 0.2) is 17.0 Å². The Labute approximate surface area is 113 Å². The van der Waals surface area contributed by atoms with E-state index in [0.29, 0.717) is 4.90 Å². The van der Waals surface area contributed by atoms with Gasteiger partial charge in [0.1, 0.15) is 0 Å². The lowest BCUT2D eigenvalue weighted by Gasteiger charge is -2.08. The fourth-order valence-electron chi connectivity index (χ4n) is 1.20. The van der Waals surface area contributed by atoms with E-state index in [9.17, 15) is 9.59 Å². The monoisotopic (exact) mass is 292 g/mol. The van der Waals surface area contributed by atoms with Crippen LogP contribution in [0.2, 0.25) is 10.0 Å². The first-order valence-electron chi connectivity index (χ1n) is 4.76. The standard InChI is InChI=1S/C11H10Cl2O3S/c1-3-16-11(15)10(14)8-6(12)4-5-7(17-2)9(8)13/h4-5H,3H2,1-2H3. The predicted molar refractivity (Wildman–Crippen MR) is 69.2 cm³/mol. The molecule has 0 aromatic heterocycles. The molecule has 1 aromatic rings. The minimum Gasteiger partial charge on any atom is -0.460 e. The number of hydrogen-bond acceptors (Lipinski definition) is 4. The number of esters is 1. The van der Waals surface area contributed by atoms with Gasteiger partial charge < -0.3 is 4.74 Å². The smallest absolute Gasteiger partial charge is 0.379 e. The lowest BCUT2D eigenvalue weighted by molar-refractivity contribution is -0.137. The number of ketones is 1. The molecule has 0 aliphatic carbocycles. The van der Waals surface area contributed by atoms with Gasteiger partial charge in [-0.05, 0) is 25.3 Å². The van der Waals surface area contributed by atoms with Crippen LogP contribution in [0.4, 0.5) is 0 Å². The van der Waals surface area contributed by atoms with E-state index in [2.05, 4.69) is 4.74 Å². The zero-order valence-corrected chi connectivity index (χ0v) is 11.6. The average Bonchev–Trinajstić information content (AvgIpc) is 2.29. The molecule has 0 fully saturated rings. The summed E-state index contributed by atoms with van der Waals surface area (Å²) in [6, 6.07) is 3.23. The molecule has 0 atom stereocenters. The highest BCUT2D eigenvalue weighted by atomic mass is 35.5. The van der Waals surface area contributed by atoms with Gasteiger partial charge in [-0.2, -0.15) is 0 Å². The van der Waals surface area contributed by atoms with Gasteiger partial charge in [0.25, 0.3) is 5.78 Å². The molecule has 0 heterocycles. The molecular formula is C11H10Cl2O3S. The van der Waals surface area contributed by atoms with Gasteiger partial charge in [-0.3, -0.25) is 4.79 Å².